The van der Waals surface area contributed by atoms with Crippen LogP contribution in [-0.4, -0.2) is 26.9 Å². The zero-order valence-electron chi connectivity index (χ0n) is 10.9. The van der Waals surface area contributed by atoms with Crippen molar-refractivity contribution in [3.63, 3.8) is 0 Å². The molecule has 0 fully saturated rings. The molecule has 5 heteroatoms. The fourth-order valence-electron chi connectivity index (χ4n) is 1.58. The molecule has 0 radical (unpaired) electrons. The summed E-state index contributed by atoms with van der Waals surface area (Å²) in [6, 6.07) is 4.14. The van der Waals surface area contributed by atoms with Gasteiger partial charge in [-0.1, -0.05) is 0 Å². The molecule has 0 bridgehead atoms. The number of benzene rings is 1. The lowest BCUT2D eigenvalue weighted by atomic mass is 10.2. The van der Waals surface area contributed by atoms with Crippen LogP contribution in [0.5, 0.6) is 5.75 Å². The van der Waals surface area contributed by atoms with Crippen LogP contribution in [0.4, 0.5) is 0 Å². The van der Waals surface area contributed by atoms with Crippen LogP contribution in [0.25, 0.3) is 0 Å². The van der Waals surface area contributed by atoms with E-state index in [0.717, 1.165) is 27.7 Å². The zero-order valence-corrected chi connectivity index (χ0v) is 14.1. The minimum Gasteiger partial charge on any atom is -0.488 e. The third-order valence-corrected chi connectivity index (χ3v) is 3.66. The second-order valence-corrected chi connectivity index (χ2v) is 5.84. The molecule has 0 spiro atoms. The van der Waals surface area contributed by atoms with E-state index in [2.05, 4.69) is 49.3 Å². The largest absolute Gasteiger partial charge is 0.488 e. The van der Waals surface area contributed by atoms with Gasteiger partial charge in [-0.15, -0.1) is 0 Å². The van der Waals surface area contributed by atoms with E-state index in [9.17, 15) is 0 Å². The Morgan fingerprint density at radius 1 is 1.28 bits per heavy atom. The van der Waals surface area contributed by atoms with Crippen molar-refractivity contribution in [3.05, 3.63) is 26.6 Å². The van der Waals surface area contributed by atoms with Crippen molar-refractivity contribution < 1.29 is 9.47 Å². The highest BCUT2D eigenvalue weighted by molar-refractivity contribution is 9.11. The van der Waals surface area contributed by atoms with Crippen molar-refractivity contribution in [2.45, 2.75) is 26.0 Å². The van der Waals surface area contributed by atoms with Gasteiger partial charge in [0.15, 0.2) is 0 Å². The van der Waals surface area contributed by atoms with Gasteiger partial charge in [-0.3, -0.25) is 0 Å². The molecule has 1 aromatic rings. The summed E-state index contributed by atoms with van der Waals surface area (Å²) >= 11 is 7.10. The first-order valence-electron chi connectivity index (χ1n) is 5.86. The van der Waals surface area contributed by atoms with Crippen LogP contribution in [0.2, 0.25) is 0 Å². The van der Waals surface area contributed by atoms with E-state index in [0.29, 0.717) is 6.61 Å². The summed E-state index contributed by atoms with van der Waals surface area (Å²) in [7, 11) is 3.63. The van der Waals surface area contributed by atoms with Crippen LogP contribution in [0, 0.1) is 0 Å². The molecule has 0 saturated heterocycles. The number of hydrogen-bond donors (Lipinski definition) is 1. The van der Waals surface area contributed by atoms with Gasteiger partial charge in [0.05, 0.1) is 15.0 Å². The third kappa shape index (κ3) is 4.88. The molecular formula is C13H19Br2NO2. The van der Waals surface area contributed by atoms with Crippen LogP contribution < -0.4 is 10.1 Å². The first-order valence-corrected chi connectivity index (χ1v) is 7.45. The quantitative estimate of drug-likeness (QED) is 0.781. The second-order valence-electron chi connectivity index (χ2n) is 4.13. The van der Waals surface area contributed by atoms with E-state index in [1.807, 2.05) is 14.0 Å². The summed E-state index contributed by atoms with van der Waals surface area (Å²) in [5, 5.41) is 3.13. The Bertz CT molecular complexity index is 362. The number of ether oxygens (including phenoxy) is 2. The molecule has 1 N–H and O–H groups in total. The van der Waals surface area contributed by atoms with Crippen LogP contribution in [0.15, 0.2) is 21.1 Å². The molecule has 0 heterocycles. The highest BCUT2D eigenvalue weighted by Crippen LogP contribution is 2.35. The Labute approximate surface area is 125 Å². The first-order chi connectivity index (χ1) is 8.58. The summed E-state index contributed by atoms with van der Waals surface area (Å²) in [5.74, 6) is 0.846. The average molecular weight is 381 g/mol. The number of rotatable bonds is 7. The van der Waals surface area contributed by atoms with Gasteiger partial charge < -0.3 is 14.8 Å². The maximum Gasteiger partial charge on any atom is 0.148 e. The van der Waals surface area contributed by atoms with E-state index in [1.54, 1.807) is 7.11 Å². The van der Waals surface area contributed by atoms with Gasteiger partial charge in [-0.2, -0.15) is 0 Å². The van der Waals surface area contributed by atoms with Crippen LogP contribution in [0.1, 0.15) is 18.9 Å². The van der Waals surface area contributed by atoms with Gasteiger partial charge in [0, 0.05) is 26.7 Å². The monoisotopic (exact) mass is 379 g/mol. The van der Waals surface area contributed by atoms with Crippen molar-refractivity contribution in [2.24, 2.45) is 0 Å². The molecule has 1 unspecified atom stereocenters. The SMILES string of the molecule is CNCc1cc(Br)c(OC(C)CCOC)c(Br)c1. The fraction of sp³-hybridized carbons (Fsp3) is 0.538. The number of methoxy groups -OCH3 is 1. The van der Waals surface area contributed by atoms with Crippen LogP contribution >= 0.6 is 31.9 Å². The second kappa shape index (κ2) is 8.15. The van der Waals surface area contributed by atoms with E-state index in [1.165, 1.54) is 5.56 Å². The van der Waals surface area contributed by atoms with Crippen molar-refractivity contribution in [3.8, 4) is 5.75 Å². The third-order valence-electron chi connectivity index (χ3n) is 2.49. The van der Waals surface area contributed by atoms with Crippen molar-refractivity contribution in [1.82, 2.24) is 5.32 Å². The maximum absolute atomic E-state index is 5.92. The standard InChI is InChI=1S/C13H19Br2NO2/c1-9(4-5-17-3)18-13-11(14)6-10(8-16-2)7-12(13)15/h6-7,9,16H,4-5,8H2,1-3H3. The van der Waals surface area contributed by atoms with Gasteiger partial charge in [0.25, 0.3) is 0 Å². The Hall–Kier alpha value is -0.100. The highest BCUT2D eigenvalue weighted by atomic mass is 79.9. The first kappa shape index (κ1) is 16.0. The molecule has 3 nitrogen and oxygen atoms in total. The molecule has 18 heavy (non-hydrogen) atoms. The minimum absolute atomic E-state index is 0.118. The minimum atomic E-state index is 0.118. The Kier molecular flexibility index (Phi) is 7.22. The molecule has 0 saturated carbocycles. The summed E-state index contributed by atoms with van der Waals surface area (Å²) in [5.41, 5.74) is 1.20. The topological polar surface area (TPSA) is 30.5 Å². The van der Waals surface area contributed by atoms with Gasteiger partial charge in [-0.05, 0) is 63.5 Å². The maximum atomic E-state index is 5.92. The molecular weight excluding hydrogens is 362 g/mol. The summed E-state index contributed by atoms with van der Waals surface area (Å²) in [6.07, 6.45) is 0.987. The summed E-state index contributed by atoms with van der Waals surface area (Å²) in [4.78, 5) is 0. The number of halogens is 2. The lowest BCUT2D eigenvalue weighted by Gasteiger charge is -2.17. The Morgan fingerprint density at radius 3 is 2.39 bits per heavy atom. The fourth-order valence-corrected chi connectivity index (χ4v) is 3.04. The molecule has 0 aliphatic rings. The van der Waals surface area contributed by atoms with Crippen molar-refractivity contribution in [2.75, 3.05) is 20.8 Å². The molecule has 1 rings (SSSR count). The molecule has 1 aromatic carbocycles. The van der Waals surface area contributed by atoms with E-state index < -0.39 is 0 Å². The molecule has 102 valence electrons. The molecule has 0 aliphatic carbocycles. The van der Waals surface area contributed by atoms with Gasteiger partial charge in [0.1, 0.15) is 5.75 Å². The predicted molar refractivity (Wildman–Crippen MR) is 81.2 cm³/mol. The van der Waals surface area contributed by atoms with Gasteiger partial charge >= 0.3 is 0 Å². The lowest BCUT2D eigenvalue weighted by molar-refractivity contribution is 0.134. The summed E-state index contributed by atoms with van der Waals surface area (Å²) in [6.45, 7) is 3.57. The van der Waals surface area contributed by atoms with E-state index >= 15 is 0 Å². The summed E-state index contributed by atoms with van der Waals surface area (Å²) < 4.78 is 12.9. The zero-order chi connectivity index (χ0) is 13.5. The normalized spacial score (nSPS) is 12.5. The average Bonchev–Trinajstić information content (AvgIpc) is 2.31. The molecule has 0 aliphatic heterocycles. The van der Waals surface area contributed by atoms with E-state index in [4.69, 9.17) is 9.47 Å². The lowest BCUT2D eigenvalue weighted by Crippen LogP contribution is -2.15. The van der Waals surface area contributed by atoms with Crippen molar-refractivity contribution in [1.29, 1.82) is 0 Å². The van der Waals surface area contributed by atoms with Gasteiger partial charge in [0.2, 0.25) is 0 Å². The van der Waals surface area contributed by atoms with Crippen LogP contribution in [-0.2, 0) is 11.3 Å². The number of nitrogens with one attached hydrogen (secondary N) is 1. The highest BCUT2D eigenvalue weighted by Gasteiger charge is 2.12. The smallest absolute Gasteiger partial charge is 0.148 e. The Balaban J connectivity index is 2.76. The predicted octanol–water partition coefficient (Wildman–Crippen LogP) is 3.73. The Morgan fingerprint density at radius 2 is 1.89 bits per heavy atom. The number of hydrogen-bond acceptors (Lipinski definition) is 3. The molecule has 0 aromatic heterocycles. The van der Waals surface area contributed by atoms with Crippen LogP contribution in [0.3, 0.4) is 0 Å². The van der Waals surface area contributed by atoms with Gasteiger partial charge in [-0.25, -0.2) is 0 Å². The van der Waals surface area contributed by atoms with Crippen molar-refractivity contribution >= 4 is 31.9 Å². The molecule has 0 amide bonds. The van der Waals surface area contributed by atoms with E-state index in [-0.39, 0.29) is 6.10 Å². The molecule has 1 atom stereocenters.